The number of carbonyl (C=O) groups is 1. The van der Waals surface area contributed by atoms with Gasteiger partial charge in [-0.3, -0.25) is 0 Å². The van der Waals surface area contributed by atoms with Gasteiger partial charge in [0.2, 0.25) is 0 Å². The number of hydrogen-bond acceptors (Lipinski definition) is 5. The zero-order valence-electron chi connectivity index (χ0n) is 18.5. The Morgan fingerprint density at radius 2 is 1.27 bits per heavy atom. The average Bonchev–Trinajstić information content (AvgIpc) is 3.27. The van der Waals surface area contributed by atoms with E-state index in [9.17, 15) is 21.6 Å². The molecule has 3 atom stereocenters. The fourth-order valence-electron chi connectivity index (χ4n) is 5.26. The topological polar surface area (TPSA) is 91.8 Å². The van der Waals surface area contributed by atoms with Crippen LogP contribution < -0.4 is 0 Å². The number of allylic oxidation sites excluding steroid dienone is 1. The van der Waals surface area contributed by atoms with Gasteiger partial charge in [-0.1, -0.05) is 54.3 Å². The van der Waals surface area contributed by atoms with Crippen LogP contribution in [0.4, 0.5) is 4.79 Å². The maximum Gasteiger partial charge on any atom is 0.353 e. The molecule has 3 aliphatic rings. The number of nitrogens with zero attached hydrogens (tertiary/aromatic N) is 2. The predicted molar refractivity (Wildman–Crippen MR) is 123 cm³/mol. The molecule has 1 heterocycles. The van der Waals surface area contributed by atoms with E-state index in [0.717, 1.165) is 45.4 Å². The molecule has 2 fully saturated rings. The van der Waals surface area contributed by atoms with Crippen molar-refractivity contribution < 1.29 is 21.6 Å². The van der Waals surface area contributed by atoms with Gasteiger partial charge in [0.25, 0.3) is 20.0 Å². The summed E-state index contributed by atoms with van der Waals surface area (Å²) < 4.78 is 56.1. The summed E-state index contributed by atoms with van der Waals surface area (Å²) in [5, 5.41) is 0. The minimum absolute atomic E-state index is 0.0188. The van der Waals surface area contributed by atoms with Gasteiger partial charge >= 0.3 is 6.03 Å². The molecule has 0 spiro atoms. The van der Waals surface area contributed by atoms with Crippen molar-refractivity contribution >= 4 is 26.1 Å². The summed E-state index contributed by atoms with van der Waals surface area (Å²) in [7, 11) is -8.53. The Bertz CT molecular complexity index is 1350. The Balaban J connectivity index is 1.65. The Labute approximate surface area is 194 Å². The molecule has 9 heteroatoms. The van der Waals surface area contributed by atoms with E-state index in [4.69, 9.17) is 0 Å². The minimum atomic E-state index is -4.27. The molecular weight excluding hydrogens is 460 g/mol. The van der Waals surface area contributed by atoms with Crippen LogP contribution in [0.1, 0.15) is 36.8 Å². The van der Waals surface area contributed by atoms with Gasteiger partial charge in [0.05, 0.1) is 21.5 Å². The van der Waals surface area contributed by atoms with Crippen molar-refractivity contribution in [2.24, 2.45) is 11.8 Å². The average molecular weight is 487 g/mol. The zero-order chi connectivity index (χ0) is 23.5. The maximum absolute atomic E-state index is 13.7. The summed E-state index contributed by atoms with van der Waals surface area (Å²) in [6.45, 7) is 3.69. The molecule has 2 aromatic carbocycles. The lowest BCUT2D eigenvalue weighted by molar-refractivity contribution is 0.198. The molecule has 2 aliphatic carbocycles. The van der Waals surface area contributed by atoms with Crippen LogP contribution in [-0.2, 0) is 20.0 Å². The lowest BCUT2D eigenvalue weighted by Gasteiger charge is -2.32. The first-order valence-electron chi connectivity index (χ1n) is 11.1. The fourth-order valence-corrected chi connectivity index (χ4v) is 8.30. The highest BCUT2D eigenvalue weighted by molar-refractivity contribution is 7.91. The van der Waals surface area contributed by atoms with Crippen molar-refractivity contribution in [1.82, 2.24) is 8.61 Å². The molecule has 5 rings (SSSR count). The summed E-state index contributed by atoms with van der Waals surface area (Å²) >= 11 is 0. The first-order chi connectivity index (χ1) is 15.6. The summed E-state index contributed by atoms with van der Waals surface area (Å²) in [6, 6.07) is 10.7. The van der Waals surface area contributed by atoms with Crippen molar-refractivity contribution in [2.75, 3.05) is 0 Å². The zero-order valence-corrected chi connectivity index (χ0v) is 20.1. The van der Waals surface area contributed by atoms with E-state index in [2.05, 4.69) is 0 Å². The number of amides is 2. The van der Waals surface area contributed by atoms with E-state index >= 15 is 0 Å². The summed E-state index contributed by atoms with van der Waals surface area (Å²) in [5.74, 6) is -0.0607. The Kier molecular flexibility index (Phi) is 5.17. The summed E-state index contributed by atoms with van der Waals surface area (Å²) in [6.07, 6.45) is 5.36. The molecule has 33 heavy (non-hydrogen) atoms. The van der Waals surface area contributed by atoms with Gasteiger partial charge in [0, 0.05) is 0 Å². The van der Waals surface area contributed by atoms with Gasteiger partial charge in [-0.05, 0) is 62.8 Å². The number of hydrogen-bond donors (Lipinski definition) is 0. The molecule has 1 aliphatic heterocycles. The number of rotatable bonds is 4. The predicted octanol–water partition coefficient (Wildman–Crippen LogP) is 4.19. The van der Waals surface area contributed by atoms with Crippen LogP contribution in [0.25, 0.3) is 0 Å². The molecule has 2 amide bonds. The molecule has 1 saturated carbocycles. The third-order valence-corrected chi connectivity index (χ3v) is 10.4. The van der Waals surface area contributed by atoms with Crippen LogP contribution in [0.3, 0.4) is 0 Å². The van der Waals surface area contributed by atoms with E-state index in [1.165, 1.54) is 24.3 Å². The third-order valence-electron chi connectivity index (χ3n) is 6.95. The number of aryl methyl sites for hydroxylation is 2. The third kappa shape index (κ3) is 3.40. The van der Waals surface area contributed by atoms with E-state index < -0.39 is 32.1 Å². The monoisotopic (exact) mass is 486 g/mol. The maximum atomic E-state index is 13.7. The van der Waals surface area contributed by atoms with Gasteiger partial charge in [-0.2, -0.15) is 4.31 Å². The van der Waals surface area contributed by atoms with Crippen molar-refractivity contribution in [3.63, 3.8) is 0 Å². The smallest absolute Gasteiger partial charge is 0.246 e. The van der Waals surface area contributed by atoms with E-state index in [1.54, 1.807) is 24.3 Å². The molecule has 2 aromatic rings. The normalized spacial score (nSPS) is 25.1. The van der Waals surface area contributed by atoms with E-state index in [0.29, 0.717) is 0 Å². The molecule has 0 radical (unpaired) electrons. The minimum Gasteiger partial charge on any atom is -0.246 e. The van der Waals surface area contributed by atoms with Crippen LogP contribution >= 0.6 is 0 Å². The largest absolute Gasteiger partial charge is 0.353 e. The molecule has 1 saturated heterocycles. The van der Waals surface area contributed by atoms with Crippen LogP contribution in [0.2, 0.25) is 0 Å². The van der Waals surface area contributed by atoms with E-state index in [-0.39, 0.29) is 27.3 Å². The van der Waals surface area contributed by atoms with Gasteiger partial charge in [0.15, 0.2) is 0 Å². The summed E-state index contributed by atoms with van der Waals surface area (Å²) in [5.41, 5.74) is 2.04. The Hall–Kier alpha value is -2.65. The summed E-state index contributed by atoms with van der Waals surface area (Å²) in [4.78, 5) is 13.6. The highest BCUT2D eigenvalue weighted by atomic mass is 32.2. The highest BCUT2D eigenvalue weighted by Crippen LogP contribution is 2.50. The molecule has 0 N–H and O–H groups in total. The van der Waals surface area contributed by atoms with Gasteiger partial charge in [-0.15, -0.1) is 0 Å². The van der Waals surface area contributed by atoms with E-state index in [1.807, 2.05) is 19.9 Å². The first kappa shape index (κ1) is 22.2. The Morgan fingerprint density at radius 1 is 0.758 bits per heavy atom. The lowest BCUT2D eigenvalue weighted by atomic mass is 9.80. The SMILES string of the molecule is Cc1ccc(S(=O)(=O)N2C(=O)N(S(=O)(=O)c3ccc(C)cc3)[C@@H]3C2=C[C@@H]2CCCC[C@H]23)cc1. The molecule has 7 nitrogen and oxygen atoms in total. The van der Waals surface area contributed by atoms with Crippen molar-refractivity contribution in [2.45, 2.75) is 55.4 Å². The number of urea groups is 1. The van der Waals surface area contributed by atoms with Crippen LogP contribution in [-0.4, -0.2) is 37.5 Å². The molecule has 0 bridgehead atoms. The number of carbonyl (C=O) groups excluding carboxylic acids is 1. The highest BCUT2D eigenvalue weighted by Gasteiger charge is 2.59. The second-order valence-electron chi connectivity index (χ2n) is 9.13. The van der Waals surface area contributed by atoms with Gasteiger partial charge in [-0.25, -0.2) is 25.9 Å². The van der Waals surface area contributed by atoms with Crippen LogP contribution in [0, 0.1) is 25.7 Å². The standard InChI is InChI=1S/C24H26N2O5S2/c1-16-7-11-19(12-8-16)32(28,29)25-22-15-18-5-3-4-6-21(18)23(22)26(24(25)27)33(30,31)20-13-9-17(2)10-14-20/h7-15,18,21,23H,3-6H2,1-2H3/t18-,21+,23-/m0/s1. The lowest BCUT2D eigenvalue weighted by Crippen LogP contribution is -2.44. The molecule has 0 unspecified atom stereocenters. The Morgan fingerprint density at radius 3 is 1.85 bits per heavy atom. The van der Waals surface area contributed by atoms with Crippen LogP contribution in [0.15, 0.2) is 70.1 Å². The quantitative estimate of drug-likeness (QED) is 0.646. The van der Waals surface area contributed by atoms with Gasteiger partial charge < -0.3 is 0 Å². The molecular formula is C24H26N2O5S2. The fraction of sp³-hybridized carbons (Fsp3) is 0.375. The number of fused-ring (bicyclic) bond motifs is 3. The van der Waals surface area contributed by atoms with Crippen molar-refractivity contribution in [3.8, 4) is 0 Å². The number of benzene rings is 2. The second-order valence-corrected chi connectivity index (χ2v) is 12.7. The second kappa shape index (κ2) is 7.70. The van der Waals surface area contributed by atoms with Crippen molar-refractivity contribution in [3.05, 3.63) is 71.4 Å². The molecule has 0 aromatic heterocycles. The first-order valence-corrected chi connectivity index (χ1v) is 14.0. The molecule has 174 valence electrons. The number of sulfonamides is 2. The van der Waals surface area contributed by atoms with Crippen molar-refractivity contribution in [1.29, 1.82) is 0 Å². The van der Waals surface area contributed by atoms with Gasteiger partial charge in [0.1, 0.15) is 0 Å². The van der Waals surface area contributed by atoms with Crippen LogP contribution in [0.5, 0.6) is 0 Å².